The summed E-state index contributed by atoms with van der Waals surface area (Å²) < 4.78 is 31.6. The Labute approximate surface area is 183 Å². The average molecular weight is 401 g/mol. The van der Waals surface area contributed by atoms with Crippen molar-refractivity contribution in [1.29, 1.82) is 0 Å². The molecule has 1 radical (unpaired) electrons. The van der Waals surface area contributed by atoms with E-state index in [0.29, 0.717) is 16.8 Å². The van der Waals surface area contributed by atoms with E-state index in [9.17, 15) is 13.5 Å². The third-order valence-electron chi connectivity index (χ3n) is 4.24. The van der Waals surface area contributed by atoms with Crippen molar-refractivity contribution in [2.45, 2.75) is 4.90 Å². The summed E-state index contributed by atoms with van der Waals surface area (Å²) in [4.78, 5) is -0.162. The molecule has 0 fully saturated rings. The quantitative estimate of drug-likeness (QED) is 0.287. The minimum absolute atomic E-state index is 0. The fraction of sp³-hybridized carbons (Fsp3) is 0. The molecule has 0 aliphatic carbocycles. The van der Waals surface area contributed by atoms with Gasteiger partial charge in [-0.25, -0.2) is 0 Å². The van der Waals surface area contributed by atoms with Gasteiger partial charge < -0.3 is 5.11 Å². The molecule has 0 aromatic heterocycles. The van der Waals surface area contributed by atoms with Crippen molar-refractivity contribution >= 4 is 72.6 Å². The second-order valence-electron chi connectivity index (χ2n) is 6.02. The molecule has 4 aromatic rings. The van der Waals surface area contributed by atoms with Gasteiger partial charge >= 0.3 is 0 Å². The fourth-order valence-electron chi connectivity index (χ4n) is 2.89. The minimum atomic E-state index is -4.25. The zero-order valence-electron chi connectivity index (χ0n) is 14.9. The number of fused-ring (bicyclic) bond motifs is 2. The van der Waals surface area contributed by atoms with Crippen molar-refractivity contribution in [3.05, 3.63) is 72.8 Å². The van der Waals surface area contributed by atoms with Crippen LogP contribution in [0.4, 0.5) is 11.4 Å². The van der Waals surface area contributed by atoms with E-state index in [-0.39, 0.29) is 40.2 Å². The Hall–Kier alpha value is -2.29. The molecular formula is C20H14N2NaO4S. The first-order valence-electron chi connectivity index (χ1n) is 8.05. The van der Waals surface area contributed by atoms with Gasteiger partial charge in [0.05, 0.1) is 10.6 Å². The van der Waals surface area contributed by atoms with Crippen LogP contribution in [0, 0.1) is 0 Å². The molecule has 0 amide bonds. The summed E-state index contributed by atoms with van der Waals surface area (Å²) in [5, 5.41) is 21.7. The molecular weight excluding hydrogens is 387 g/mol. The van der Waals surface area contributed by atoms with Gasteiger partial charge in [0, 0.05) is 34.9 Å². The largest absolute Gasteiger partial charge is 0.506 e. The van der Waals surface area contributed by atoms with Crippen LogP contribution in [-0.2, 0) is 10.1 Å². The fourth-order valence-corrected chi connectivity index (χ4v) is 3.41. The van der Waals surface area contributed by atoms with Crippen LogP contribution in [0.3, 0.4) is 0 Å². The van der Waals surface area contributed by atoms with Gasteiger partial charge in [0.25, 0.3) is 10.1 Å². The van der Waals surface area contributed by atoms with Gasteiger partial charge in [0.2, 0.25) is 0 Å². The van der Waals surface area contributed by atoms with Crippen LogP contribution < -0.4 is 0 Å². The van der Waals surface area contributed by atoms with Gasteiger partial charge in [-0.2, -0.15) is 13.5 Å². The number of benzene rings is 4. The monoisotopic (exact) mass is 401 g/mol. The molecule has 0 saturated heterocycles. The molecule has 0 aliphatic heterocycles. The van der Waals surface area contributed by atoms with E-state index in [2.05, 4.69) is 10.2 Å². The summed E-state index contributed by atoms with van der Waals surface area (Å²) in [5.74, 6) is 0.0380. The molecule has 28 heavy (non-hydrogen) atoms. The van der Waals surface area contributed by atoms with E-state index in [1.807, 2.05) is 30.3 Å². The van der Waals surface area contributed by atoms with Gasteiger partial charge in [-0.3, -0.25) is 4.55 Å². The number of azo groups is 1. The van der Waals surface area contributed by atoms with E-state index in [0.717, 1.165) is 16.2 Å². The van der Waals surface area contributed by atoms with Gasteiger partial charge in [-0.05, 0) is 46.5 Å². The molecule has 0 heterocycles. The Kier molecular flexibility index (Phi) is 5.83. The van der Waals surface area contributed by atoms with Gasteiger partial charge in [0.15, 0.2) is 0 Å². The van der Waals surface area contributed by atoms with E-state index in [4.69, 9.17) is 4.55 Å². The average Bonchev–Trinajstić information content (AvgIpc) is 2.66. The Balaban J connectivity index is 0.00000225. The van der Waals surface area contributed by atoms with Crippen LogP contribution in [0.15, 0.2) is 87.9 Å². The predicted octanol–water partition coefficient (Wildman–Crippen LogP) is 4.98. The molecule has 4 aromatic carbocycles. The summed E-state index contributed by atoms with van der Waals surface area (Å²) >= 11 is 0. The maximum Gasteiger partial charge on any atom is 0.294 e. The molecule has 8 heteroatoms. The first-order chi connectivity index (χ1) is 12.9. The molecule has 0 bridgehead atoms. The van der Waals surface area contributed by atoms with E-state index >= 15 is 0 Å². The summed E-state index contributed by atoms with van der Waals surface area (Å²) in [6, 6.07) is 20.4. The molecule has 4 rings (SSSR count). The summed E-state index contributed by atoms with van der Waals surface area (Å²) in [5.41, 5.74) is 0.935. The second-order valence-corrected chi connectivity index (χ2v) is 7.44. The number of hydrogen-bond acceptors (Lipinski definition) is 5. The molecule has 0 aliphatic rings. The number of aromatic hydroxyl groups is 1. The van der Waals surface area contributed by atoms with Gasteiger partial charge in [-0.1, -0.05) is 42.5 Å². The molecule has 0 saturated carbocycles. The van der Waals surface area contributed by atoms with Crippen LogP contribution in [0.5, 0.6) is 5.75 Å². The molecule has 0 unspecified atom stereocenters. The predicted molar refractivity (Wildman–Crippen MR) is 109 cm³/mol. The first kappa shape index (κ1) is 20.4. The van der Waals surface area contributed by atoms with Crippen molar-refractivity contribution < 1.29 is 18.1 Å². The standard InChI is InChI=1S/C20H14N2O4S.Na/c23-19-10-7-13-3-1-2-4-18(13)20(19)22-21-16-8-5-15-12-17(27(24,25)26)9-6-14(15)11-16;/h1-12,23H,(H,24,25,26);. The number of nitrogens with zero attached hydrogens (tertiary/aromatic N) is 2. The zero-order chi connectivity index (χ0) is 19.0. The summed E-state index contributed by atoms with van der Waals surface area (Å²) in [6.07, 6.45) is 0. The third kappa shape index (κ3) is 4.09. The maximum atomic E-state index is 11.2. The third-order valence-corrected chi connectivity index (χ3v) is 5.09. The van der Waals surface area contributed by atoms with Crippen molar-refractivity contribution in [2.24, 2.45) is 10.2 Å². The Morgan fingerprint density at radius 3 is 2.21 bits per heavy atom. The molecule has 6 nitrogen and oxygen atoms in total. The van der Waals surface area contributed by atoms with Crippen molar-refractivity contribution in [3.8, 4) is 5.75 Å². The SMILES string of the molecule is O=S(=O)(O)c1ccc2cc(N=Nc3c(O)ccc4ccccc34)ccc2c1.[Na]. The zero-order valence-corrected chi connectivity index (χ0v) is 17.8. The number of rotatable bonds is 3. The normalized spacial score (nSPS) is 11.8. The number of phenols is 1. The van der Waals surface area contributed by atoms with Crippen LogP contribution in [0.2, 0.25) is 0 Å². The van der Waals surface area contributed by atoms with Crippen LogP contribution in [0.25, 0.3) is 21.5 Å². The Bertz CT molecular complexity index is 1320. The summed E-state index contributed by atoms with van der Waals surface area (Å²) in [6.45, 7) is 0. The van der Waals surface area contributed by atoms with Crippen molar-refractivity contribution in [1.82, 2.24) is 0 Å². The number of phenolic OH excluding ortho intramolecular Hbond substituents is 1. The molecule has 135 valence electrons. The van der Waals surface area contributed by atoms with Gasteiger partial charge in [-0.15, -0.1) is 5.11 Å². The van der Waals surface area contributed by atoms with Crippen LogP contribution >= 0.6 is 0 Å². The first-order valence-corrected chi connectivity index (χ1v) is 9.50. The van der Waals surface area contributed by atoms with Crippen LogP contribution in [0.1, 0.15) is 0 Å². The maximum absolute atomic E-state index is 11.2. The van der Waals surface area contributed by atoms with Crippen molar-refractivity contribution in [2.75, 3.05) is 0 Å². The second kappa shape index (κ2) is 7.98. The van der Waals surface area contributed by atoms with E-state index < -0.39 is 10.1 Å². The molecule has 0 atom stereocenters. The smallest absolute Gasteiger partial charge is 0.294 e. The van der Waals surface area contributed by atoms with Gasteiger partial charge in [0.1, 0.15) is 11.4 Å². The molecule has 2 N–H and O–H groups in total. The Morgan fingerprint density at radius 2 is 1.43 bits per heavy atom. The Morgan fingerprint density at radius 1 is 0.750 bits per heavy atom. The molecule has 0 spiro atoms. The topological polar surface area (TPSA) is 99.3 Å². The van der Waals surface area contributed by atoms with E-state index in [1.54, 1.807) is 30.3 Å². The van der Waals surface area contributed by atoms with Crippen molar-refractivity contribution in [3.63, 3.8) is 0 Å². The minimum Gasteiger partial charge on any atom is -0.506 e. The van der Waals surface area contributed by atoms with E-state index in [1.165, 1.54) is 12.1 Å². The summed E-state index contributed by atoms with van der Waals surface area (Å²) in [7, 11) is -4.25. The van der Waals surface area contributed by atoms with Crippen LogP contribution in [-0.4, -0.2) is 47.6 Å². The number of hydrogen-bond donors (Lipinski definition) is 2.